The van der Waals surface area contributed by atoms with Gasteiger partial charge in [-0.3, -0.25) is 9.89 Å². The number of hydrogen-bond donors (Lipinski definition) is 3. The van der Waals surface area contributed by atoms with Crippen molar-refractivity contribution in [2.45, 2.75) is 38.7 Å². The molecule has 28 heavy (non-hydrogen) atoms. The first-order chi connectivity index (χ1) is 13.2. The average molecular weight is 395 g/mol. The van der Waals surface area contributed by atoms with Gasteiger partial charge in [0.15, 0.2) is 5.96 Å². The van der Waals surface area contributed by atoms with Crippen molar-refractivity contribution >= 4 is 5.96 Å². The Balaban J connectivity index is 1.94. The molecular weight excluding hydrogens is 359 g/mol. The van der Waals surface area contributed by atoms with E-state index in [1.165, 1.54) is 12.1 Å². The van der Waals surface area contributed by atoms with E-state index in [1.54, 1.807) is 0 Å². The number of rotatable bonds is 8. The van der Waals surface area contributed by atoms with Crippen LogP contribution in [0.2, 0.25) is 0 Å². The second-order valence-electron chi connectivity index (χ2n) is 8.32. The van der Waals surface area contributed by atoms with Crippen LogP contribution in [-0.4, -0.2) is 74.0 Å². The van der Waals surface area contributed by atoms with E-state index in [9.17, 15) is 9.50 Å². The van der Waals surface area contributed by atoms with Gasteiger partial charge in [0.25, 0.3) is 0 Å². The van der Waals surface area contributed by atoms with E-state index in [1.807, 2.05) is 26.0 Å². The van der Waals surface area contributed by atoms with Crippen LogP contribution in [0, 0.1) is 5.82 Å². The lowest BCUT2D eigenvalue weighted by molar-refractivity contribution is -0.0179. The highest BCUT2D eigenvalue weighted by Gasteiger charge is 2.26. The third-order valence-corrected chi connectivity index (χ3v) is 4.91. The maximum Gasteiger partial charge on any atom is 0.191 e. The van der Waals surface area contributed by atoms with E-state index in [4.69, 9.17) is 4.74 Å². The Labute approximate surface area is 168 Å². The second kappa shape index (κ2) is 10.2. The Morgan fingerprint density at radius 3 is 2.43 bits per heavy atom. The van der Waals surface area contributed by atoms with Gasteiger partial charge in [-0.2, -0.15) is 0 Å². The molecule has 1 fully saturated rings. The van der Waals surface area contributed by atoms with E-state index in [0.717, 1.165) is 25.2 Å². The molecule has 0 radical (unpaired) electrons. The molecule has 0 amide bonds. The maximum atomic E-state index is 13.2. The van der Waals surface area contributed by atoms with Crippen LogP contribution in [0.5, 0.6) is 0 Å². The molecule has 6 nitrogen and oxygen atoms in total. The molecule has 3 N–H and O–H groups in total. The molecule has 158 valence electrons. The van der Waals surface area contributed by atoms with Crippen molar-refractivity contribution in [2.24, 2.45) is 4.99 Å². The summed E-state index contributed by atoms with van der Waals surface area (Å²) in [6, 6.07) is 6.60. The fraction of sp³-hybridized carbons (Fsp3) is 0.667. The van der Waals surface area contributed by atoms with Gasteiger partial charge in [0, 0.05) is 38.1 Å². The van der Waals surface area contributed by atoms with Crippen molar-refractivity contribution in [1.82, 2.24) is 15.5 Å². The van der Waals surface area contributed by atoms with E-state index >= 15 is 0 Å². The fourth-order valence-electron chi connectivity index (χ4n) is 3.19. The first kappa shape index (κ1) is 22.6. The molecule has 1 saturated heterocycles. The monoisotopic (exact) mass is 394 g/mol. The Hall–Kier alpha value is -1.70. The van der Waals surface area contributed by atoms with Gasteiger partial charge in [0.2, 0.25) is 0 Å². The van der Waals surface area contributed by atoms with Crippen LogP contribution >= 0.6 is 0 Å². The Bertz CT molecular complexity index is 626. The third-order valence-electron chi connectivity index (χ3n) is 4.91. The van der Waals surface area contributed by atoms with Gasteiger partial charge in [-0.25, -0.2) is 4.39 Å². The summed E-state index contributed by atoms with van der Waals surface area (Å²) in [5.41, 5.74) is -0.0524. The highest BCUT2D eigenvalue weighted by Crippen LogP contribution is 2.22. The molecule has 0 aromatic heterocycles. The predicted octanol–water partition coefficient (Wildman–Crippen LogP) is 1.74. The fourth-order valence-corrected chi connectivity index (χ4v) is 3.19. The number of hydrogen-bond acceptors (Lipinski definition) is 4. The van der Waals surface area contributed by atoms with Crippen molar-refractivity contribution in [3.63, 3.8) is 0 Å². The Kier molecular flexibility index (Phi) is 8.22. The molecule has 0 saturated carbocycles. The van der Waals surface area contributed by atoms with Crippen LogP contribution < -0.4 is 10.6 Å². The zero-order valence-corrected chi connectivity index (χ0v) is 17.6. The van der Waals surface area contributed by atoms with Crippen molar-refractivity contribution in [2.75, 3.05) is 52.5 Å². The molecule has 1 aromatic carbocycles. The summed E-state index contributed by atoms with van der Waals surface area (Å²) in [7, 11) is 0. The third kappa shape index (κ3) is 7.37. The minimum atomic E-state index is -0.911. The van der Waals surface area contributed by atoms with Crippen LogP contribution in [0.3, 0.4) is 0 Å². The topological polar surface area (TPSA) is 69.1 Å². The molecule has 7 heteroatoms. The molecule has 1 unspecified atom stereocenters. The van der Waals surface area contributed by atoms with Crippen molar-refractivity contribution in [3.05, 3.63) is 35.6 Å². The quantitative estimate of drug-likeness (QED) is 0.463. The number of β-amino-alcohol motifs (C(OH)–C–C–N with tert-alkyl or cyclic N) is 1. The highest BCUT2D eigenvalue weighted by molar-refractivity contribution is 5.79. The minimum absolute atomic E-state index is 0.194. The van der Waals surface area contributed by atoms with Gasteiger partial charge in [-0.1, -0.05) is 26.0 Å². The predicted molar refractivity (Wildman–Crippen MR) is 111 cm³/mol. The minimum Gasteiger partial charge on any atom is -0.387 e. The lowest BCUT2D eigenvalue weighted by atomic mass is 9.84. The van der Waals surface area contributed by atoms with Crippen LogP contribution in [0.4, 0.5) is 4.39 Å². The molecule has 1 aliphatic rings. The zero-order valence-electron chi connectivity index (χ0n) is 17.6. The molecule has 1 atom stereocenters. The van der Waals surface area contributed by atoms with Crippen LogP contribution in [0.1, 0.15) is 33.3 Å². The summed E-state index contributed by atoms with van der Waals surface area (Å²) in [5.74, 6) is 0.435. The smallest absolute Gasteiger partial charge is 0.191 e. The molecule has 1 aliphatic heterocycles. The molecular formula is C21H35FN4O2. The largest absolute Gasteiger partial charge is 0.387 e. The van der Waals surface area contributed by atoms with Gasteiger partial charge >= 0.3 is 0 Å². The normalized spacial score (nSPS) is 18.6. The van der Waals surface area contributed by atoms with Gasteiger partial charge in [-0.15, -0.1) is 0 Å². The number of halogens is 1. The standard InChI is InChI=1S/C21H35FN4O2/c1-5-23-19(24-14-20(2,3)17-6-8-18(22)9-7-17)25-15-21(4,27)16-26-10-12-28-13-11-26/h6-9,27H,5,10-16H2,1-4H3,(H2,23,24,25). The summed E-state index contributed by atoms with van der Waals surface area (Å²) < 4.78 is 18.6. The Morgan fingerprint density at radius 2 is 1.82 bits per heavy atom. The van der Waals surface area contributed by atoms with E-state index < -0.39 is 5.60 Å². The SMILES string of the molecule is CCNC(=NCC(C)(O)CN1CCOCC1)NCC(C)(C)c1ccc(F)cc1. The van der Waals surface area contributed by atoms with Crippen LogP contribution in [-0.2, 0) is 10.2 Å². The molecule has 2 rings (SSSR count). The summed E-state index contributed by atoms with van der Waals surface area (Å²) in [4.78, 5) is 6.79. The second-order valence-corrected chi connectivity index (χ2v) is 8.32. The number of guanidine groups is 1. The van der Waals surface area contributed by atoms with Gasteiger partial charge in [-0.05, 0) is 31.5 Å². The highest BCUT2D eigenvalue weighted by atomic mass is 19.1. The van der Waals surface area contributed by atoms with E-state index in [2.05, 4.69) is 34.4 Å². The molecule has 1 heterocycles. The summed E-state index contributed by atoms with van der Waals surface area (Å²) >= 11 is 0. The molecule has 0 spiro atoms. The van der Waals surface area contributed by atoms with Gasteiger partial charge < -0.3 is 20.5 Å². The van der Waals surface area contributed by atoms with Crippen molar-refractivity contribution < 1.29 is 14.2 Å². The van der Waals surface area contributed by atoms with Crippen LogP contribution in [0.15, 0.2) is 29.3 Å². The Morgan fingerprint density at radius 1 is 1.18 bits per heavy atom. The van der Waals surface area contributed by atoms with E-state index in [-0.39, 0.29) is 11.2 Å². The van der Waals surface area contributed by atoms with Crippen molar-refractivity contribution in [3.8, 4) is 0 Å². The number of benzene rings is 1. The molecule has 0 aliphatic carbocycles. The molecule has 1 aromatic rings. The number of aliphatic hydroxyl groups is 1. The first-order valence-corrected chi connectivity index (χ1v) is 10.0. The number of nitrogens with one attached hydrogen (secondary N) is 2. The number of aliphatic imine (C=N–C) groups is 1. The number of nitrogens with zero attached hydrogens (tertiary/aromatic N) is 2. The lowest BCUT2D eigenvalue weighted by Crippen LogP contribution is -2.48. The van der Waals surface area contributed by atoms with Crippen molar-refractivity contribution in [1.29, 1.82) is 0 Å². The van der Waals surface area contributed by atoms with Crippen LogP contribution in [0.25, 0.3) is 0 Å². The zero-order chi connectivity index (χ0) is 20.6. The lowest BCUT2D eigenvalue weighted by Gasteiger charge is -2.33. The average Bonchev–Trinajstić information content (AvgIpc) is 2.65. The summed E-state index contributed by atoms with van der Waals surface area (Å²) in [6.07, 6.45) is 0. The maximum absolute atomic E-state index is 13.2. The summed E-state index contributed by atoms with van der Waals surface area (Å²) in [6.45, 7) is 13.4. The molecule has 0 bridgehead atoms. The summed E-state index contributed by atoms with van der Waals surface area (Å²) in [5, 5.41) is 17.3. The number of morpholine rings is 1. The first-order valence-electron chi connectivity index (χ1n) is 10.0. The number of ether oxygens (including phenoxy) is 1. The van der Waals surface area contributed by atoms with E-state index in [0.29, 0.717) is 38.8 Å². The van der Waals surface area contributed by atoms with Gasteiger partial charge in [0.05, 0.1) is 25.4 Å². The van der Waals surface area contributed by atoms with Gasteiger partial charge in [0.1, 0.15) is 5.82 Å².